The SMILES string of the molecule is Cc1ncc(-c2ccc3nc(NC(=O)CCCCCCOc4cc(-c5scnc5C)ccc4CNC(=O)[C@@H]4C[C@@H](O)CN4C(=O)[C@@H](NC(=O)C4(F)CC4)C(C)(C)C)sc3c2)cc1NC(=O)OC1CCCCC1. The number of nitrogens with zero attached hydrogens (tertiary/aromatic N) is 4. The largest absolute Gasteiger partial charge is 0.493 e. The van der Waals surface area contributed by atoms with Gasteiger partial charge in [-0.1, -0.05) is 69.6 Å². The standard InChI is InChI=1S/C53H65FN8O8S2/c1-31-40(59-51(68)70-38-13-9-8-10-14-38)23-36(28-55-31)33-18-19-39-43(25-33)72-50(58-39)60-44(64)15-11-6-7-12-22-69-42-24-34(45-32(2)57-30-71-45)16-17-35(42)27-56-47(65)41-26-37(63)29-62(41)48(66)46(52(3,4)5)61-49(67)53(54)20-21-53/h16-19,23-25,28,30,37-38,41,46,63H,6-15,20-22,26-27,29H2,1-5H3,(H,56,65)(H,59,68)(H,61,67)(H,58,60,64)/t37-,41+,46-/m1/s1. The molecule has 0 bridgehead atoms. The number of carbonyl (C=O) groups is 5. The van der Waals surface area contributed by atoms with Crippen LogP contribution in [0.15, 0.2) is 54.2 Å². The van der Waals surface area contributed by atoms with Gasteiger partial charge in [0.15, 0.2) is 10.8 Å². The predicted molar refractivity (Wildman–Crippen MR) is 276 cm³/mol. The molecule has 1 saturated heterocycles. The summed E-state index contributed by atoms with van der Waals surface area (Å²) in [5.74, 6) is -1.38. The second-order valence-electron chi connectivity index (χ2n) is 20.4. The Labute approximate surface area is 427 Å². The first-order chi connectivity index (χ1) is 34.4. The Balaban J connectivity index is 0.811. The van der Waals surface area contributed by atoms with E-state index in [4.69, 9.17) is 9.47 Å². The van der Waals surface area contributed by atoms with Gasteiger partial charge in [-0.05, 0) is 106 Å². The minimum absolute atomic E-state index is 0.0164. The van der Waals surface area contributed by atoms with Gasteiger partial charge in [-0.3, -0.25) is 29.5 Å². The van der Waals surface area contributed by atoms with Gasteiger partial charge in [-0.15, -0.1) is 11.3 Å². The van der Waals surface area contributed by atoms with Gasteiger partial charge >= 0.3 is 6.09 Å². The molecule has 4 heterocycles. The number of anilines is 2. The molecule has 3 atom stereocenters. The van der Waals surface area contributed by atoms with Crippen LogP contribution in [-0.4, -0.2) is 97.8 Å². The number of benzene rings is 2. The highest BCUT2D eigenvalue weighted by atomic mass is 32.1. The van der Waals surface area contributed by atoms with Gasteiger partial charge in [0.05, 0.1) is 50.4 Å². The van der Waals surface area contributed by atoms with Crippen molar-refractivity contribution in [3.05, 3.63) is 71.1 Å². The van der Waals surface area contributed by atoms with Crippen molar-refractivity contribution in [1.82, 2.24) is 30.5 Å². The fourth-order valence-corrected chi connectivity index (χ4v) is 10.9. The highest BCUT2D eigenvalue weighted by Gasteiger charge is 2.53. The molecule has 19 heteroatoms. The van der Waals surface area contributed by atoms with Crippen LogP contribution in [0.2, 0.25) is 0 Å². The highest BCUT2D eigenvalue weighted by Crippen LogP contribution is 2.41. The number of unbranched alkanes of at least 4 members (excludes halogenated alkanes) is 3. The van der Waals surface area contributed by atoms with Crippen LogP contribution in [0.5, 0.6) is 5.75 Å². The van der Waals surface area contributed by atoms with E-state index in [-0.39, 0.29) is 44.4 Å². The first-order valence-corrected chi connectivity index (χ1v) is 26.7. The molecule has 2 saturated carbocycles. The molecular formula is C53H65FN8O8S2. The van der Waals surface area contributed by atoms with E-state index in [1.165, 1.54) is 34.0 Å². The molecular weight excluding hydrogens is 960 g/mol. The van der Waals surface area contributed by atoms with Crippen molar-refractivity contribution in [1.29, 1.82) is 0 Å². The van der Waals surface area contributed by atoms with Crippen LogP contribution >= 0.6 is 22.7 Å². The molecule has 2 aliphatic carbocycles. The van der Waals surface area contributed by atoms with Crippen LogP contribution in [0.4, 0.5) is 20.0 Å². The van der Waals surface area contributed by atoms with Crippen LogP contribution in [0.25, 0.3) is 31.8 Å². The molecule has 72 heavy (non-hydrogen) atoms. The van der Waals surface area contributed by atoms with E-state index >= 15 is 0 Å². The number of hydrogen-bond acceptors (Lipinski definition) is 13. The molecule has 0 spiro atoms. The monoisotopic (exact) mass is 1020 g/mol. The van der Waals surface area contributed by atoms with Gasteiger partial charge in [0, 0.05) is 43.3 Å². The number of amides is 5. The zero-order valence-corrected chi connectivity index (χ0v) is 43.2. The third kappa shape index (κ3) is 13.1. The molecule has 3 fully saturated rings. The van der Waals surface area contributed by atoms with Crippen molar-refractivity contribution in [2.45, 2.75) is 155 Å². The van der Waals surface area contributed by atoms with Crippen molar-refractivity contribution in [2.75, 3.05) is 23.8 Å². The van der Waals surface area contributed by atoms with E-state index in [1.807, 2.05) is 56.3 Å². The van der Waals surface area contributed by atoms with Crippen molar-refractivity contribution in [3.8, 4) is 27.3 Å². The van der Waals surface area contributed by atoms with Crippen molar-refractivity contribution < 1.29 is 42.9 Å². The summed E-state index contributed by atoms with van der Waals surface area (Å²) in [5.41, 5.74) is 5.31. The number of carbonyl (C=O) groups excluding carboxylic acids is 5. The molecule has 1 aliphatic heterocycles. The Bertz CT molecular complexity index is 2780. The third-order valence-electron chi connectivity index (χ3n) is 13.6. The number of β-amino-alcohol motifs (C(OH)–C–C–N with tert-alkyl or cyclic N) is 1. The normalized spacial score (nSPS) is 18.1. The lowest BCUT2D eigenvalue weighted by Gasteiger charge is -2.35. The maximum atomic E-state index is 14.7. The van der Waals surface area contributed by atoms with Crippen molar-refractivity contribution >= 4 is 73.4 Å². The average molecular weight is 1030 g/mol. The summed E-state index contributed by atoms with van der Waals surface area (Å²) >= 11 is 2.91. The number of alkyl halides is 1. The summed E-state index contributed by atoms with van der Waals surface area (Å²) in [5, 5.41) is 22.6. The molecule has 16 nitrogen and oxygen atoms in total. The van der Waals surface area contributed by atoms with E-state index < -0.39 is 53.1 Å². The van der Waals surface area contributed by atoms with E-state index in [2.05, 4.69) is 36.2 Å². The number of nitrogens with one attached hydrogen (secondary N) is 4. The van der Waals surface area contributed by atoms with Crippen molar-refractivity contribution in [3.63, 3.8) is 0 Å². The molecule has 3 aliphatic rings. The number of hydrogen-bond donors (Lipinski definition) is 5. The third-order valence-corrected chi connectivity index (χ3v) is 15.5. The Hall–Kier alpha value is -6.05. The molecule has 5 N–H and O–H groups in total. The number of rotatable bonds is 19. The number of ether oxygens (including phenoxy) is 2. The quantitative estimate of drug-likeness (QED) is 0.0491. The number of thiazole rings is 2. The molecule has 0 unspecified atom stereocenters. The Morgan fingerprint density at radius 1 is 0.917 bits per heavy atom. The number of fused-ring (bicyclic) bond motifs is 1. The molecule has 8 rings (SSSR count). The summed E-state index contributed by atoms with van der Waals surface area (Å²) in [4.78, 5) is 82.0. The van der Waals surface area contributed by atoms with Crippen LogP contribution < -0.4 is 26.0 Å². The topological polar surface area (TPSA) is 214 Å². The lowest BCUT2D eigenvalue weighted by molar-refractivity contribution is -0.145. The maximum absolute atomic E-state index is 14.7. The van der Waals surface area contributed by atoms with Crippen LogP contribution in [0.1, 0.15) is 121 Å². The molecule has 0 radical (unpaired) electrons. The highest BCUT2D eigenvalue weighted by molar-refractivity contribution is 7.22. The fourth-order valence-electron chi connectivity index (χ4n) is 9.13. The summed E-state index contributed by atoms with van der Waals surface area (Å²) in [6.45, 7) is 9.45. The summed E-state index contributed by atoms with van der Waals surface area (Å²) < 4.78 is 27.6. The van der Waals surface area contributed by atoms with E-state index in [0.717, 1.165) is 82.4 Å². The van der Waals surface area contributed by atoms with E-state index in [1.54, 1.807) is 32.5 Å². The molecule has 3 aromatic heterocycles. The van der Waals surface area contributed by atoms with Gasteiger partial charge in [0.2, 0.25) is 17.7 Å². The van der Waals surface area contributed by atoms with Gasteiger partial charge in [-0.2, -0.15) is 0 Å². The molecule has 5 aromatic rings. The van der Waals surface area contributed by atoms with Crippen molar-refractivity contribution in [2.24, 2.45) is 5.41 Å². The number of aryl methyl sites for hydroxylation is 2. The summed E-state index contributed by atoms with van der Waals surface area (Å²) in [6, 6.07) is 11.4. The number of likely N-dealkylation sites (tertiary alicyclic amines) is 1. The number of halogens is 1. The first-order valence-electron chi connectivity index (χ1n) is 25.0. The first kappa shape index (κ1) is 52.3. The summed E-state index contributed by atoms with van der Waals surface area (Å²) in [6.07, 6.45) is 8.98. The van der Waals surface area contributed by atoms with E-state index in [9.17, 15) is 33.5 Å². The Morgan fingerprint density at radius 3 is 2.42 bits per heavy atom. The minimum Gasteiger partial charge on any atom is -0.493 e. The second-order valence-corrected chi connectivity index (χ2v) is 22.2. The Kier molecular flexibility index (Phi) is 16.6. The smallest absolute Gasteiger partial charge is 0.411 e. The Morgan fingerprint density at radius 2 is 1.68 bits per heavy atom. The average Bonchev–Trinajstić information content (AvgIpc) is 3.59. The van der Waals surface area contributed by atoms with Crippen LogP contribution in [0.3, 0.4) is 0 Å². The zero-order valence-electron chi connectivity index (χ0n) is 41.6. The van der Waals surface area contributed by atoms with Gasteiger partial charge in [0.25, 0.3) is 5.91 Å². The fraction of sp³-hybridized carbons (Fsp3) is 0.509. The second kappa shape index (κ2) is 22.8. The van der Waals surface area contributed by atoms with E-state index in [0.29, 0.717) is 47.3 Å². The molecule has 2 aromatic carbocycles. The summed E-state index contributed by atoms with van der Waals surface area (Å²) in [7, 11) is 0. The van der Waals surface area contributed by atoms with Gasteiger partial charge in [-0.25, -0.2) is 19.2 Å². The number of aliphatic hydroxyl groups is 1. The number of aromatic nitrogens is 3. The van der Waals surface area contributed by atoms with Gasteiger partial charge < -0.3 is 35.4 Å². The molecule has 5 amide bonds. The molecule has 384 valence electrons. The van der Waals surface area contributed by atoms with Gasteiger partial charge in [0.1, 0.15) is 23.9 Å². The predicted octanol–water partition coefficient (Wildman–Crippen LogP) is 9.56. The minimum atomic E-state index is -1.98. The maximum Gasteiger partial charge on any atom is 0.411 e. The lowest BCUT2D eigenvalue weighted by atomic mass is 9.85. The number of aliphatic hydroxyl groups excluding tert-OH is 1. The number of pyridine rings is 1. The van der Waals surface area contributed by atoms with Crippen LogP contribution in [-0.2, 0) is 30.5 Å². The zero-order chi connectivity index (χ0) is 51.2. The van der Waals surface area contributed by atoms with Crippen LogP contribution in [0, 0.1) is 19.3 Å². The lowest BCUT2D eigenvalue weighted by Crippen LogP contribution is -2.59.